The molecule has 33 heavy (non-hydrogen) atoms. The van der Waals surface area contributed by atoms with Gasteiger partial charge >= 0.3 is 0 Å². The lowest BCUT2D eigenvalue weighted by molar-refractivity contribution is -0.134. The molecule has 5 unspecified atom stereocenters. The number of aliphatic hydroxyl groups is 1. The minimum absolute atomic E-state index is 0.128. The van der Waals surface area contributed by atoms with E-state index >= 15 is 0 Å². The highest BCUT2D eigenvalue weighted by Gasteiger charge is 2.65. The maximum Gasteiger partial charge on any atom is 0.226 e. The summed E-state index contributed by atoms with van der Waals surface area (Å²) in [6.45, 7) is 1.72. The number of nitrogens with zero attached hydrogens (tertiary/aromatic N) is 3. The number of carbonyl (C=O) groups excluding carboxylic acids is 1. The van der Waals surface area contributed by atoms with Gasteiger partial charge < -0.3 is 20.1 Å². The number of pyridine rings is 2. The Labute approximate surface area is 194 Å². The third kappa shape index (κ3) is 3.48. The first-order valence-corrected chi connectivity index (χ1v) is 12.3. The van der Waals surface area contributed by atoms with Crippen LogP contribution in [0.1, 0.15) is 38.5 Å². The summed E-state index contributed by atoms with van der Waals surface area (Å²) in [7, 11) is 1.61. The maximum absolute atomic E-state index is 13.4. The van der Waals surface area contributed by atoms with E-state index in [2.05, 4.69) is 27.3 Å². The third-order valence-electron chi connectivity index (χ3n) is 8.67. The lowest BCUT2D eigenvalue weighted by Crippen LogP contribution is -2.52. The van der Waals surface area contributed by atoms with Crippen molar-refractivity contribution in [3.05, 3.63) is 36.7 Å². The highest BCUT2D eigenvalue weighted by Crippen LogP contribution is 2.65. The molecular weight excluding hydrogens is 416 g/mol. The molecule has 0 aromatic carbocycles. The lowest BCUT2D eigenvalue weighted by atomic mass is 9.74. The van der Waals surface area contributed by atoms with E-state index in [0.29, 0.717) is 17.7 Å². The van der Waals surface area contributed by atoms with Crippen LogP contribution in [0.2, 0.25) is 0 Å². The summed E-state index contributed by atoms with van der Waals surface area (Å²) in [5.74, 6) is 2.86. The van der Waals surface area contributed by atoms with Gasteiger partial charge in [0.2, 0.25) is 11.8 Å². The van der Waals surface area contributed by atoms with Gasteiger partial charge in [-0.25, -0.2) is 9.97 Å². The highest BCUT2D eigenvalue weighted by molar-refractivity contribution is 5.84. The Balaban J connectivity index is 1.12. The van der Waals surface area contributed by atoms with Crippen molar-refractivity contribution in [1.82, 2.24) is 15.3 Å². The van der Waals surface area contributed by atoms with Gasteiger partial charge in [0.1, 0.15) is 5.82 Å². The predicted octanol–water partition coefficient (Wildman–Crippen LogP) is 3.03. The molecule has 1 saturated heterocycles. The number of hydrogen-bond donors (Lipinski definition) is 2. The van der Waals surface area contributed by atoms with E-state index in [1.807, 2.05) is 18.3 Å². The van der Waals surface area contributed by atoms with Crippen molar-refractivity contribution in [2.75, 3.05) is 25.1 Å². The molecule has 174 valence electrons. The van der Waals surface area contributed by atoms with Crippen LogP contribution in [0.5, 0.6) is 5.88 Å². The van der Waals surface area contributed by atoms with Crippen LogP contribution in [0.4, 0.5) is 5.82 Å². The first-order chi connectivity index (χ1) is 16.1. The number of ether oxygens (including phenoxy) is 1. The van der Waals surface area contributed by atoms with E-state index in [9.17, 15) is 9.90 Å². The average Bonchev–Trinajstić information content (AvgIpc) is 3.23. The summed E-state index contributed by atoms with van der Waals surface area (Å²) in [6, 6.07) is 8.08. The Bertz CT molecular complexity index is 1030. The monoisotopic (exact) mass is 448 g/mol. The molecule has 3 heterocycles. The molecule has 4 aliphatic carbocycles. The zero-order chi connectivity index (χ0) is 22.6. The maximum atomic E-state index is 13.4. The molecule has 1 amide bonds. The van der Waals surface area contributed by atoms with Gasteiger partial charge in [0.25, 0.3) is 0 Å². The van der Waals surface area contributed by atoms with Crippen molar-refractivity contribution in [3.63, 3.8) is 0 Å². The van der Waals surface area contributed by atoms with Crippen molar-refractivity contribution in [2.45, 2.75) is 50.7 Å². The van der Waals surface area contributed by atoms with Gasteiger partial charge in [-0.05, 0) is 74.5 Å². The Kier molecular flexibility index (Phi) is 5.05. The second-order valence-electron chi connectivity index (χ2n) is 10.5. The van der Waals surface area contributed by atoms with Gasteiger partial charge in [0.15, 0.2) is 0 Å². The molecule has 6 atom stereocenters. The van der Waals surface area contributed by atoms with E-state index in [1.165, 1.54) is 0 Å². The molecule has 0 radical (unpaired) electrons. The van der Waals surface area contributed by atoms with Crippen LogP contribution in [0.3, 0.4) is 0 Å². The summed E-state index contributed by atoms with van der Waals surface area (Å²) in [4.78, 5) is 24.7. The van der Waals surface area contributed by atoms with Crippen LogP contribution in [0.15, 0.2) is 36.7 Å². The molecule has 1 aliphatic heterocycles. The Hall–Kier alpha value is -2.67. The smallest absolute Gasteiger partial charge is 0.226 e. The molecule has 4 bridgehead atoms. The quantitative estimate of drug-likeness (QED) is 0.731. The number of aliphatic hydroxyl groups excluding tert-OH is 1. The topological polar surface area (TPSA) is 87.6 Å². The van der Waals surface area contributed by atoms with Crippen LogP contribution in [0.25, 0.3) is 11.1 Å². The SMILES string of the molecule is COc1ccc(-c2ccc(N3CCC[C@H](NC(=O)C45CC6CC(C4)C(O)C5C6)C3)nc2)cn1. The molecular formula is C26H32N4O3. The van der Waals surface area contributed by atoms with Crippen LogP contribution in [0, 0.1) is 23.2 Å². The molecule has 5 aliphatic rings. The second-order valence-corrected chi connectivity index (χ2v) is 10.5. The number of anilines is 1. The summed E-state index contributed by atoms with van der Waals surface area (Å²) in [6.07, 6.45) is 9.41. The van der Waals surface area contributed by atoms with Gasteiger partial charge in [-0.3, -0.25) is 4.79 Å². The zero-order valence-corrected chi connectivity index (χ0v) is 19.1. The summed E-state index contributed by atoms with van der Waals surface area (Å²) < 4.78 is 5.13. The normalized spacial score (nSPS) is 34.5. The molecule has 2 N–H and O–H groups in total. The fraction of sp³-hybridized carbons (Fsp3) is 0.577. The van der Waals surface area contributed by atoms with Gasteiger partial charge in [0.05, 0.1) is 18.6 Å². The number of piperidine rings is 1. The Morgan fingerprint density at radius 1 is 1.15 bits per heavy atom. The van der Waals surface area contributed by atoms with Crippen molar-refractivity contribution in [2.24, 2.45) is 23.2 Å². The molecule has 0 spiro atoms. The van der Waals surface area contributed by atoms with E-state index < -0.39 is 0 Å². The predicted molar refractivity (Wildman–Crippen MR) is 125 cm³/mol. The first-order valence-electron chi connectivity index (χ1n) is 12.3. The highest BCUT2D eigenvalue weighted by atomic mass is 16.5. The van der Waals surface area contributed by atoms with Crippen LogP contribution in [-0.4, -0.2) is 53.3 Å². The third-order valence-corrected chi connectivity index (χ3v) is 8.67. The van der Waals surface area contributed by atoms with Crippen molar-refractivity contribution < 1.29 is 14.6 Å². The largest absolute Gasteiger partial charge is 0.481 e. The standard InChI is InChI=1S/C26H32N4O3/c1-33-23-7-5-18(14-28-23)17-4-6-22(27-13-17)30-8-2-3-20(15-30)29-25(32)26-11-16-9-19(12-26)24(31)21(26)10-16/h4-7,13-14,16,19-21,24,31H,2-3,8-12,15H2,1H3,(H,29,32)/t16?,19?,20-,21?,24?,26?/m0/s1. The first kappa shape index (κ1) is 20.9. The molecule has 2 aromatic heterocycles. The molecule has 4 saturated carbocycles. The summed E-state index contributed by atoms with van der Waals surface area (Å²) in [5.41, 5.74) is 1.70. The number of carbonyl (C=O) groups is 1. The minimum atomic E-state index is -0.318. The van der Waals surface area contributed by atoms with E-state index in [1.54, 1.807) is 13.3 Å². The number of rotatable bonds is 5. The van der Waals surface area contributed by atoms with Gasteiger partial charge in [-0.15, -0.1) is 0 Å². The van der Waals surface area contributed by atoms with E-state index in [-0.39, 0.29) is 29.4 Å². The molecule has 7 heteroatoms. The van der Waals surface area contributed by atoms with Crippen molar-refractivity contribution in [3.8, 4) is 17.0 Å². The fourth-order valence-corrected chi connectivity index (χ4v) is 7.18. The number of nitrogens with one attached hydrogen (secondary N) is 1. The number of amides is 1. The van der Waals surface area contributed by atoms with Crippen molar-refractivity contribution >= 4 is 11.7 Å². The fourth-order valence-electron chi connectivity index (χ4n) is 7.18. The van der Waals surface area contributed by atoms with Crippen LogP contribution < -0.4 is 15.0 Å². The number of aromatic nitrogens is 2. The van der Waals surface area contributed by atoms with Crippen LogP contribution in [-0.2, 0) is 4.79 Å². The molecule has 5 fully saturated rings. The molecule has 2 aromatic rings. The summed E-state index contributed by atoms with van der Waals surface area (Å²) in [5, 5.41) is 14.0. The van der Waals surface area contributed by atoms with E-state index in [0.717, 1.165) is 68.6 Å². The number of hydrogen-bond acceptors (Lipinski definition) is 6. The lowest BCUT2D eigenvalue weighted by Gasteiger charge is -2.37. The molecule has 7 nitrogen and oxygen atoms in total. The number of methoxy groups -OCH3 is 1. The van der Waals surface area contributed by atoms with Gasteiger partial charge in [-0.2, -0.15) is 0 Å². The Morgan fingerprint density at radius 2 is 1.97 bits per heavy atom. The average molecular weight is 449 g/mol. The minimum Gasteiger partial charge on any atom is -0.481 e. The van der Waals surface area contributed by atoms with Crippen LogP contribution >= 0.6 is 0 Å². The van der Waals surface area contributed by atoms with Gasteiger partial charge in [-0.1, -0.05) is 0 Å². The second kappa shape index (κ2) is 7.97. The van der Waals surface area contributed by atoms with Crippen molar-refractivity contribution in [1.29, 1.82) is 0 Å². The molecule has 7 rings (SSSR count). The Morgan fingerprint density at radius 3 is 2.70 bits per heavy atom. The van der Waals surface area contributed by atoms with Gasteiger partial charge in [0, 0.05) is 48.7 Å². The zero-order valence-electron chi connectivity index (χ0n) is 19.1. The summed E-state index contributed by atoms with van der Waals surface area (Å²) >= 11 is 0. The van der Waals surface area contributed by atoms with E-state index in [4.69, 9.17) is 9.72 Å².